The van der Waals surface area contributed by atoms with Gasteiger partial charge < -0.3 is 24.1 Å². The Hall–Kier alpha value is -3.68. The lowest BCUT2D eigenvalue weighted by atomic mass is 9.83. The zero-order valence-corrected chi connectivity index (χ0v) is 20.1. The number of ether oxygens (including phenoxy) is 3. The predicted molar refractivity (Wildman–Crippen MR) is 127 cm³/mol. The molecule has 0 bridgehead atoms. The highest BCUT2D eigenvalue weighted by atomic mass is 32.3. The zero-order chi connectivity index (χ0) is 24.3. The van der Waals surface area contributed by atoms with Crippen LogP contribution in [0.5, 0.6) is 23.0 Å². The Morgan fingerprint density at radius 2 is 2.00 bits per heavy atom. The van der Waals surface area contributed by atoms with Crippen molar-refractivity contribution in [1.29, 1.82) is 5.26 Å². The lowest BCUT2D eigenvalue weighted by Gasteiger charge is -2.27. The normalized spacial score (nSPS) is 15.1. The molecule has 1 aliphatic heterocycles. The molecule has 4 rings (SSSR count). The van der Waals surface area contributed by atoms with Crippen molar-refractivity contribution in [2.24, 2.45) is 5.73 Å². The number of nitrogens with two attached hydrogens (primary N) is 1. The lowest BCUT2D eigenvalue weighted by Crippen LogP contribution is -2.21. The van der Waals surface area contributed by atoms with Crippen LogP contribution in [0.25, 0.3) is 0 Å². The van der Waals surface area contributed by atoms with E-state index in [0.29, 0.717) is 29.4 Å². The minimum atomic E-state index is -3.98. The first-order valence-electron chi connectivity index (χ1n) is 10.4. The average molecular weight is 499 g/mol. The molecule has 8 nitrogen and oxygen atoms in total. The fourth-order valence-electron chi connectivity index (χ4n) is 3.60. The Bertz CT molecular complexity index is 1370. The number of fused-ring (bicyclic) bond motifs is 1. The Morgan fingerprint density at radius 3 is 2.68 bits per heavy atom. The van der Waals surface area contributed by atoms with E-state index >= 15 is 0 Å². The first kappa shape index (κ1) is 23.5. The van der Waals surface area contributed by atoms with E-state index in [4.69, 9.17) is 24.1 Å². The maximum Gasteiger partial charge on any atom is 0.348 e. The molecule has 10 heteroatoms. The van der Waals surface area contributed by atoms with E-state index in [1.54, 1.807) is 36.8 Å². The summed E-state index contributed by atoms with van der Waals surface area (Å²) >= 11 is 1.06. The number of methoxy groups -OCH3 is 1. The van der Waals surface area contributed by atoms with Crippen molar-refractivity contribution in [3.05, 3.63) is 76.5 Å². The number of rotatable bonds is 8. The van der Waals surface area contributed by atoms with Crippen LogP contribution in [0.2, 0.25) is 0 Å². The highest BCUT2D eigenvalue weighted by Gasteiger charge is 2.32. The van der Waals surface area contributed by atoms with Gasteiger partial charge >= 0.3 is 10.1 Å². The van der Waals surface area contributed by atoms with Crippen molar-refractivity contribution in [2.45, 2.75) is 23.5 Å². The Kier molecular flexibility index (Phi) is 6.68. The van der Waals surface area contributed by atoms with E-state index < -0.39 is 16.0 Å². The van der Waals surface area contributed by atoms with Crippen LogP contribution in [0.3, 0.4) is 0 Å². The summed E-state index contributed by atoms with van der Waals surface area (Å²) < 4.78 is 47.3. The molecule has 2 N–H and O–H groups in total. The Balaban J connectivity index is 1.73. The third-order valence-corrected chi connectivity index (χ3v) is 7.72. The van der Waals surface area contributed by atoms with Gasteiger partial charge in [-0.3, -0.25) is 0 Å². The first-order valence-corrected chi connectivity index (χ1v) is 12.7. The maximum absolute atomic E-state index is 12.5. The highest BCUT2D eigenvalue weighted by Crippen LogP contribution is 2.45. The molecule has 0 saturated carbocycles. The Labute approximate surface area is 201 Å². The summed E-state index contributed by atoms with van der Waals surface area (Å²) in [6.07, 6.45) is 0.850. The van der Waals surface area contributed by atoms with Crippen LogP contribution < -0.4 is 24.1 Å². The molecule has 2 heterocycles. The zero-order valence-electron chi connectivity index (χ0n) is 18.5. The van der Waals surface area contributed by atoms with E-state index in [0.717, 1.165) is 23.3 Å². The summed E-state index contributed by atoms with van der Waals surface area (Å²) in [5.41, 5.74) is 7.68. The summed E-state index contributed by atoms with van der Waals surface area (Å²) in [6.45, 7) is 2.56. The van der Waals surface area contributed by atoms with E-state index in [9.17, 15) is 13.7 Å². The topological polar surface area (TPSA) is 121 Å². The van der Waals surface area contributed by atoms with Crippen LogP contribution >= 0.6 is 11.3 Å². The largest absolute Gasteiger partial charge is 0.493 e. The van der Waals surface area contributed by atoms with E-state index in [1.807, 2.05) is 13.0 Å². The monoisotopic (exact) mass is 498 g/mol. The van der Waals surface area contributed by atoms with Crippen molar-refractivity contribution in [2.75, 3.05) is 13.7 Å². The number of allylic oxidation sites excluding steroid dienone is 1. The molecule has 0 amide bonds. The van der Waals surface area contributed by atoms with Crippen molar-refractivity contribution in [3.8, 4) is 29.1 Å². The van der Waals surface area contributed by atoms with E-state index in [2.05, 4.69) is 6.07 Å². The summed E-state index contributed by atoms with van der Waals surface area (Å²) in [7, 11) is -2.43. The van der Waals surface area contributed by atoms with Crippen molar-refractivity contribution in [1.82, 2.24) is 0 Å². The van der Waals surface area contributed by atoms with Crippen molar-refractivity contribution < 1.29 is 26.8 Å². The number of nitriles is 1. The van der Waals surface area contributed by atoms with Crippen LogP contribution in [-0.2, 0) is 10.1 Å². The first-order chi connectivity index (χ1) is 16.4. The molecule has 0 radical (unpaired) electrons. The number of benzene rings is 2. The van der Waals surface area contributed by atoms with Gasteiger partial charge in [-0.25, -0.2) is 0 Å². The van der Waals surface area contributed by atoms with Crippen LogP contribution in [0.4, 0.5) is 0 Å². The van der Waals surface area contributed by atoms with Gasteiger partial charge in [0.15, 0.2) is 15.7 Å². The number of hydrogen-bond donors (Lipinski definition) is 1. The molecule has 1 unspecified atom stereocenters. The number of nitrogens with zero attached hydrogens (tertiary/aromatic N) is 1. The third-order valence-electron chi connectivity index (χ3n) is 5.12. The van der Waals surface area contributed by atoms with Gasteiger partial charge in [0.25, 0.3) is 0 Å². The molecule has 34 heavy (non-hydrogen) atoms. The van der Waals surface area contributed by atoms with Gasteiger partial charge in [-0.15, -0.1) is 11.3 Å². The maximum atomic E-state index is 12.5. The fraction of sp³-hybridized carbons (Fsp3) is 0.208. The molecule has 0 aliphatic carbocycles. The summed E-state index contributed by atoms with van der Waals surface area (Å²) in [4.78, 5) is 0. The standard InChI is InChI=1S/C24H22N2O6S2/c1-3-10-30-19-9-6-15(12-21(19)29-2)23-17-8-7-16(13-20(17)31-24(26)18(23)14-25)32-34(27,28)22-5-4-11-33-22/h4-9,11-13,23H,3,10,26H2,1-2H3. The molecule has 1 aliphatic rings. The molecular formula is C24H22N2O6S2. The molecule has 0 spiro atoms. The SMILES string of the molecule is CCCOc1ccc(C2C(C#N)=C(N)Oc3cc(OS(=O)(=O)c4cccs4)ccc32)cc1OC. The average Bonchev–Trinajstić information content (AvgIpc) is 3.38. The summed E-state index contributed by atoms with van der Waals surface area (Å²) in [5, 5.41) is 11.5. The predicted octanol–water partition coefficient (Wildman–Crippen LogP) is 4.53. The lowest BCUT2D eigenvalue weighted by molar-refractivity contribution is 0.294. The highest BCUT2D eigenvalue weighted by molar-refractivity contribution is 7.89. The van der Waals surface area contributed by atoms with Gasteiger partial charge in [-0.1, -0.05) is 25.1 Å². The Morgan fingerprint density at radius 1 is 1.18 bits per heavy atom. The van der Waals surface area contributed by atoms with E-state index in [-0.39, 0.29) is 21.4 Å². The van der Waals surface area contributed by atoms with Gasteiger partial charge in [-0.05, 0) is 41.6 Å². The summed E-state index contributed by atoms with van der Waals surface area (Å²) in [6, 6.07) is 15.3. The van der Waals surface area contributed by atoms with Gasteiger partial charge in [-0.2, -0.15) is 13.7 Å². The van der Waals surface area contributed by atoms with E-state index in [1.165, 1.54) is 18.2 Å². The van der Waals surface area contributed by atoms with Gasteiger partial charge in [0.2, 0.25) is 5.88 Å². The van der Waals surface area contributed by atoms with Gasteiger partial charge in [0.05, 0.1) is 19.6 Å². The molecule has 1 aromatic heterocycles. The van der Waals surface area contributed by atoms with Crippen LogP contribution in [-0.4, -0.2) is 22.1 Å². The fourth-order valence-corrected chi connectivity index (χ4v) is 5.47. The molecule has 0 saturated heterocycles. The second kappa shape index (κ2) is 9.67. The number of thiophene rings is 1. The van der Waals surface area contributed by atoms with Gasteiger partial charge in [0, 0.05) is 11.6 Å². The third kappa shape index (κ3) is 4.53. The van der Waals surface area contributed by atoms with Crippen LogP contribution in [0, 0.1) is 11.3 Å². The minimum Gasteiger partial charge on any atom is -0.493 e. The quantitative estimate of drug-likeness (QED) is 0.450. The molecule has 1 atom stereocenters. The molecular weight excluding hydrogens is 476 g/mol. The van der Waals surface area contributed by atoms with Crippen molar-refractivity contribution >= 4 is 21.5 Å². The van der Waals surface area contributed by atoms with Crippen molar-refractivity contribution in [3.63, 3.8) is 0 Å². The van der Waals surface area contributed by atoms with Crippen LogP contribution in [0.15, 0.2) is 69.6 Å². The molecule has 3 aromatic rings. The van der Waals surface area contributed by atoms with Gasteiger partial charge in [0.1, 0.15) is 23.1 Å². The minimum absolute atomic E-state index is 0.0662. The second-order valence-electron chi connectivity index (χ2n) is 7.35. The molecule has 2 aromatic carbocycles. The van der Waals surface area contributed by atoms with Crippen LogP contribution in [0.1, 0.15) is 30.4 Å². The second-order valence-corrected chi connectivity index (χ2v) is 10.1. The molecule has 0 fully saturated rings. The smallest absolute Gasteiger partial charge is 0.348 e. The molecule has 176 valence electrons. The summed E-state index contributed by atoms with van der Waals surface area (Å²) in [5.74, 6) is 0.871. The number of hydrogen-bond acceptors (Lipinski definition) is 9.